The van der Waals surface area contributed by atoms with Gasteiger partial charge in [0.15, 0.2) is 5.54 Å². The Hall–Kier alpha value is -4.00. The molecular weight excluding hydrogens is 436 g/mol. The fourth-order valence-corrected chi connectivity index (χ4v) is 4.75. The monoisotopic (exact) mass is 452 g/mol. The molecule has 3 N–H and O–H groups in total. The molecule has 2 aromatic heterocycles. The molecule has 1 atom stereocenters. The number of Topliss-reactive ketones (excluding diaryl/α,β-unsaturated/α-hetero) is 1. The molecule has 0 saturated heterocycles. The molecule has 6 nitrogen and oxygen atoms in total. The number of hydrogen-bond donors (Lipinski definition) is 2. The van der Waals surface area contributed by atoms with Crippen molar-refractivity contribution in [2.24, 2.45) is 5.73 Å². The van der Waals surface area contributed by atoms with Crippen molar-refractivity contribution in [1.29, 1.82) is 0 Å². The first-order valence-electron chi connectivity index (χ1n) is 10.4. The van der Waals surface area contributed by atoms with Crippen molar-refractivity contribution < 1.29 is 9.59 Å². The zero-order chi connectivity index (χ0) is 22.7. The number of carbonyl (C=O) groups is 2. The summed E-state index contributed by atoms with van der Waals surface area (Å²) < 4.78 is 0. The van der Waals surface area contributed by atoms with Crippen LogP contribution in [0.15, 0.2) is 85.1 Å². The van der Waals surface area contributed by atoms with Crippen LogP contribution >= 0.6 is 11.6 Å². The summed E-state index contributed by atoms with van der Waals surface area (Å²) in [4.78, 5) is 36.7. The number of rotatable bonds is 3. The molecule has 3 aromatic carbocycles. The minimum absolute atomic E-state index is 0.130. The van der Waals surface area contributed by atoms with Gasteiger partial charge in [-0.2, -0.15) is 0 Å². The Balaban J connectivity index is 1.52. The Kier molecular flexibility index (Phi) is 4.17. The normalized spacial score (nSPS) is 17.6. The maximum Gasteiger partial charge on any atom is 0.264 e. The molecule has 160 valence electrons. The van der Waals surface area contributed by atoms with Crippen LogP contribution in [0, 0.1) is 0 Å². The first-order chi connectivity index (χ1) is 16.0. The molecule has 7 heteroatoms. The number of aromatic amines is 1. The number of halogens is 1. The number of nitrogens with zero attached hydrogens (tertiary/aromatic N) is 2. The minimum Gasteiger partial charge on any atom is -0.353 e. The van der Waals surface area contributed by atoms with Gasteiger partial charge in [-0.15, -0.1) is 0 Å². The van der Waals surface area contributed by atoms with Gasteiger partial charge in [0.05, 0.1) is 23.1 Å². The van der Waals surface area contributed by atoms with Crippen molar-refractivity contribution >= 4 is 56.5 Å². The number of benzene rings is 3. The number of nitrogens with two attached hydrogens (primary N) is 1. The van der Waals surface area contributed by atoms with Crippen LogP contribution in [0.5, 0.6) is 0 Å². The molecule has 6 rings (SSSR count). The number of H-pyrrole nitrogens is 1. The number of amides is 1. The second-order valence-corrected chi connectivity index (χ2v) is 8.50. The number of aromatic nitrogens is 2. The molecular formula is C26H17ClN4O2. The quantitative estimate of drug-likeness (QED) is 0.295. The van der Waals surface area contributed by atoms with Gasteiger partial charge in [0.25, 0.3) is 5.91 Å². The largest absolute Gasteiger partial charge is 0.353 e. The molecule has 0 saturated carbocycles. The van der Waals surface area contributed by atoms with Gasteiger partial charge in [-0.05, 0) is 36.4 Å². The second kappa shape index (κ2) is 7.00. The summed E-state index contributed by atoms with van der Waals surface area (Å²) in [5, 5.41) is 2.29. The zero-order valence-corrected chi connectivity index (χ0v) is 18.0. The number of pyridine rings is 1. The second-order valence-electron chi connectivity index (χ2n) is 8.06. The number of hydrogen-bond acceptors (Lipinski definition) is 4. The number of para-hydroxylation sites is 2. The summed E-state index contributed by atoms with van der Waals surface area (Å²) in [7, 11) is 0. The van der Waals surface area contributed by atoms with Gasteiger partial charge in [-0.25, -0.2) is 0 Å². The van der Waals surface area contributed by atoms with Gasteiger partial charge in [-0.3, -0.25) is 19.5 Å². The smallest absolute Gasteiger partial charge is 0.264 e. The lowest BCUT2D eigenvalue weighted by Crippen LogP contribution is -2.52. The van der Waals surface area contributed by atoms with Crippen molar-refractivity contribution in [3.8, 4) is 0 Å². The van der Waals surface area contributed by atoms with Crippen molar-refractivity contribution in [3.63, 3.8) is 0 Å². The Bertz CT molecular complexity index is 1610. The van der Waals surface area contributed by atoms with E-state index in [0.29, 0.717) is 22.0 Å². The number of carbonyl (C=O) groups excluding carboxylic acids is 2. The van der Waals surface area contributed by atoms with Gasteiger partial charge in [0.1, 0.15) is 5.69 Å². The van der Waals surface area contributed by atoms with Gasteiger partial charge in [0, 0.05) is 26.9 Å². The van der Waals surface area contributed by atoms with Crippen molar-refractivity contribution in [2.75, 3.05) is 4.90 Å². The summed E-state index contributed by atoms with van der Waals surface area (Å²) in [6.07, 6.45) is 1.60. The average molecular weight is 453 g/mol. The third kappa shape index (κ3) is 2.75. The Morgan fingerprint density at radius 1 is 0.939 bits per heavy atom. The average Bonchev–Trinajstić information content (AvgIpc) is 3.32. The molecule has 1 amide bonds. The molecule has 1 unspecified atom stereocenters. The van der Waals surface area contributed by atoms with Crippen LogP contribution in [0.2, 0.25) is 5.02 Å². The van der Waals surface area contributed by atoms with Crippen molar-refractivity contribution in [2.45, 2.75) is 5.54 Å². The van der Waals surface area contributed by atoms with Crippen molar-refractivity contribution in [1.82, 2.24) is 9.97 Å². The van der Waals surface area contributed by atoms with E-state index in [-0.39, 0.29) is 5.69 Å². The first-order valence-corrected chi connectivity index (χ1v) is 10.8. The fourth-order valence-electron chi connectivity index (χ4n) is 4.57. The molecule has 1 aliphatic rings. The minimum atomic E-state index is -1.91. The van der Waals surface area contributed by atoms with E-state index in [2.05, 4.69) is 9.97 Å². The lowest BCUT2D eigenvalue weighted by Gasteiger charge is -2.23. The van der Waals surface area contributed by atoms with Gasteiger partial charge in [0.2, 0.25) is 5.78 Å². The van der Waals surface area contributed by atoms with Crippen LogP contribution in [0.25, 0.3) is 21.8 Å². The van der Waals surface area contributed by atoms with E-state index in [1.807, 2.05) is 24.3 Å². The summed E-state index contributed by atoms with van der Waals surface area (Å²) in [5.74, 6) is -1.10. The SMILES string of the molecule is NC1(C(=O)c2cc3c(cn2)[nH]c2ccccc23)C(=O)N(c2cccc(Cl)c2)c2ccccc21. The van der Waals surface area contributed by atoms with Crippen LogP contribution in [0.3, 0.4) is 0 Å². The molecule has 0 fully saturated rings. The van der Waals surface area contributed by atoms with E-state index >= 15 is 0 Å². The van der Waals surface area contributed by atoms with Gasteiger partial charge < -0.3 is 10.7 Å². The Morgan fingerprint density at radius 2 is 1.73 bits per heavy atom. The van der Waals surface area contributed by atoms with Crippen molar-refractivity contribution in [3.05, 3.63) is 101 Å². The fraction of sp³-hybridized carbons (Fsp3) is 0.0385. The lowest BCUT2D eigenvalue weighted by molar-refractivity contribution is -0.120. The maximum absolute atomic E-state index is 13.8. The highest BCUT2D eigenvalue weighted by atomic mass is 35.5. The van der Waals surface area contributed by atoms with E-state index in [4.69, 9.17) is 17.3 Å². The first kappa shape index (κ1) is 19.7. The van der Waals surface area contributed by atoms with E-state index in [1.165, 1.54) is 4.90 Å². The summed E-state index contributed by atoms with van der Waals surface area (Å²) in [6, 6.07) is 23.4. The molecule has 0 bridgehead atoms. The molecule has 1 aliphatic heterocycles. The predicted octanol–water partition coefficient (Wildman–Crippen LogP) is 5.08. The Labute approximate surface area is 193 Å². The van der Waals surface area contributed by atoms with Gasteiger partial charge in [-0.1, -0.05) is 54.1 Å². The molecule has 0 aliphatic carbocycles. The summed E-state index contributed by atoms with van der Waals surface area (Å²) >= 11 is 6.17. The molecule has 33 heavy (non-hydrogen) atoms. The third-order valence-electron chi connectivity index (χ3n) is 6.16. The molecule has 3 heterocycles. The van der Waals surface area contributed by atoms with Crippen LogP contribution < -0.4 is 10.6 Å². The number of fused-ring (bicyclic) bond motifs is 4. The highest BCUT2D eigenvalue weighted by Gasteiger charge is 2.54. The zero-order valence-electron chi connectivity index (χ0n) is 17.2. The van der Waals surface area contributed by atoms with E-state index < -0.39 is 17.2 Å². The molecule has 0 spiro atoms. The van der Waals surface area contributed by atoms with Gasteiger partial charge >= 0.3 is 0 Å². The summed E-state index contributed by atoms with van der Waals surface area (Å²) in [5.41, 5.74) is 8.15. The van der Waals surface area contributed by atoms with E-state index in [0.717, 1.165) is 21.8 Å². The lowest BCUT2D eigenvalue weighted by atomic mass is 9.86. The van der Waals surface area contributed by atoms with Crippen LogP contribution in [0.4, 0.5) is 11.4 Å². The number of nitrogens with one attached hydrogen (secondary N) is 1. The highest BCUT2D eigenvalue weighted by molar-refractivity contribution is 6.31. The number of anilines is 2. The van der Waals surface area contributed by atoms with Crippen LogP contribution in [0.1, 0.15) is 16.1 Å². The van der Waals surface area contributed by atoms with E-state index in [1.54, 1.807) is 60.8 Å². The number of ketones is 1. The van der Waals surface area contributed by atoms with E-state index in [9.17, 15) is 9.59 Å². The highest BCUT2D eigenvalue weighted by Crippen LogP contribution is 2.44. The standard InChI is InChI=1S/C26H17ClN4O2/c27-15-6-5-7-16(12-15)31-23-11-4-2-9-19(23)26(28,25(31)33)24(32)21-13-18-17-8-1-3-10-20(17)30-22(18)14-29-21/h1-14,30H,28H2. The molecule has 0 radical (unpaired) electrons. The van der Waals surface area contributed by atoms with Crippen LogP contribution in [-0.2, 0) is 10.3 Å². The third-order valence-corrected chi connectivity index (χ3v) is 6.39. The maximum atomic E-state index is 13.8. The molecule has 5 aromatic rings. The predicted molar refractivity (Wildman–Crippen MR) is 129 cm³/mol. The topological polar surface area (TPSA) is 92.1 Å². The van der Waals surface area contributed by atoms with Crippen LogP contribution in [-0.4, -0.2) is 21.7 Å². The summed E-state index contributed by atoms with van der Waals surface area (Å²) in [6.45, 7) is 0. The Morgan fingerprint density at radius 3 is 2.58 bits per heavy atom.